The third kappa shape index (κ3) is 3.59. The van der Waals surface area contributed by atoms with E-state index in [-0.39, 0.29) is 5.84 Å². The van der Waals surface area contributed by atoms with Gasteiger partial charge < -0.3 is 20.7 Å². The number of benzene rings is 1. The van der Waals surface area contributed by atoms with Crippen LogP contribution in [0.25, 0.3) is 0 Å². The summed E-state index contributed by atoms with van der Waals surface area (Å²) in [6.45, 7) is 3.28. The van der Waals surface area contributed by atoms with E-state index >= 15 is 0 Å². The lowest BCUT2D eigenvalue weighted by Crippen LogP contribution is -2.15. The molecular formula is C14H17N3O2. The van der Waals surface area contributed by atoms with Crippen LogP contribution in [-0.4, -0.2) is 11.0 Å². The van der Waals surface area contributed by atoms with Gasteiger partial charge >= 0.3 is 0 Å². The number of amidine groups is 1. The second kappa shape index (κ2) is 6.06. The Balaban J connectivity index is 1.92. The van der Waals surface area contributed by atoms with Crippen LogP contribution < -0.4 is 11.1 Å². The highest BCUT2D eigenvalue weighted by atomic mass is 16.4. The number of hydrogen-bond acceptors (Lipinski definition) is 4. The summed E-state index contributed by atoms with van der Waals surface area (Å²) in [4.78, 5) is 0. The summed E-state index contributed by atoms with van der Waals surface area (Å²) in [6.07, 6.45) is 0. The van der Waals surface area contributed by atoms with Crippen LogP contribution in [0.4, 0.5) is 0 Å². The van der Waals surface area contributed by atoms with Crippen LogP contribution in [0.15, 0.2) is 46.0 Å². The zero-order valence-corrected chi connectivity index (χ0v) is 10.8. The molecule has 5 heteroatoms. The molecule has 1 aromatic carbocycles. The smallest absolute Gasteiger partial charge is 0.170 e. The van der Waals surface area contributed by atoms with Gasteiger partial charge in [0, 0.05) is 12.1 Å². The second-order valence-corrected chi connectivity index (χ2v) is 4.30. The molecule has 0 aliphatic carbocycles. The Labute approximate surface area is 111 Å². The summed E-state index contributed by atoms with van der Waals surface area (Å²) < 4.78 is 5.47. The van der Waals surface area contributed by atoms with Gasteiger partial charge in [0.2, 0.25) is 0 Å². The van der Waals surface area contributed by atoms with Crippen molar-refractivity contribution in [3.63, 3.8) is 0 Å². The van der Waals surface area contributed by atoms with E-state index in [1.807, 2.05) is 37.3 Å². The quantitative estimate of drug-likeness (QED) is 0.332. The minimum absolute atomic E-state index is 0.114. The van der Waals surface area contributed by atoms with Crippen molar-refractivity contribution in [2.75, 3.05) is 0 Å². The van der Waals surface area contributed by atoms with Gasteiger partial charge in [-0.05, 0) is 30.7 Å². The molecule has 0 spiro atoms. The Kier molecular flexibility index (Phi) is 4.20. The molecule has 2 aromatic rings. The first kappa shape index (κ1) is 13.2. The van der Waals surface area contributed by atoms with Crippen molar-refractivity contribution in [1.29, 1.82) is 0 Å². The first-order chi connectivity index (χ1) is 9.19. The predicted molar refractivity (Wildman–Crippen MR) is 72.9 cm³/mol. The van der Waals surface area contributed by atoms with E-state index < -0.39 is 0 Å². The van der Waals surface area contributed by atoms with Gasteiger partial charge in [0.1, 0.15) is 11.5 Å². The van der Waals surface area contributed by atoms with Crippen molar-refractivity contribution in [3.05, 3.63) is 59.0 Å². The first-order valence-electron chi connectivity index (χ1n) is 6.02. The van der Waals surface area contributed by atoms with E-state index in [1.165, 1.54) is 0 Å². The van der Waals surface area contributed by atoms with Crippen molar-refractivity contribution in [2.45, 2.75) is 20.0 Å². The molecule has 19 heavy (non-hydrogen) atoms. The second-order valence-electron chi connectivity index (χ2n) is 4.30. The molecule has 0 saturated heterocycles. The summed E-state index contributed by atoms with van der Waals surface area (Å²) in [5.74, 6) is 1.93. The Hall–Kier alpha value is -2.27. The van der Waals surface area contributed by atoms with Gasteiger partial charge in [0.25, 0.3) is 0 Å². The first-order valence-corrected chi connectivity index (χ1v) is 6.02. The van der Waals surface area contributed by atoms with Gasteiger partial charge in [-0.25, -0.2) is 0 Å². The molecule has 5 nitrogen and oxygen atoms in total. The molecule has 100 valence electrons. The van der Waals surface area contributed by atoms with Crippen LogP contribution in [0, 0.1) is 6.92 Å². The van der Waals surface area contributed by atoms with Crippen LogP contribution in [0.1, 0.15) is 22.6 Å². The molecule has 0 aliphatic heterocycles. The van der Waals surface area contributed by atoms with Crippen LogP contribution in [-0.2, 0) is 13.1 Å². The van der Waals surface area contributed by atoms with Gasteiger partial charge in [0.15, 0.2) is 5.84 Å². The van der Waals surface area contributed by atoms with Gasteiger partial charge in [-0.2, -0.15) is 0 Å². The van der Waals surface area contributed by atoms with E-state index in [4.69, 9.17) is 15.4 Å². The molecule has 0 unspecified atom stereocenters. The number of nitrogens with zero attached hydrogens (tertiary/aromatic N) is 1. The summed E-state index contributed by atoms with van der Waals surface area (Å²) in [5, 5.41) is 14.9. The fourth-order valence-corrected chi connectivity index (χ4v) is 1.81. The van der Waals surface area contributed by atoms with E-state index in [2.05, 4.69) is 10.5 Å². The molecule has 2 rings (SSSR count). The van der Waals surface area contributed by atoms with Crippen LogP contribution in [0.5, 0.6) is 0 Å². The van der Waals surface area contributed by atoms with Crippen molar-refractivity contribution in [3.8, 4) is 0 Å². The van der Waals surface area contributed by atoms with Crippen molar-refractivity contribution in [1.82, 2.24) is 5.32 Å². The summed E-state index contributed by atoms with van der Waals surface area (Å²) in [6, 6.07) is 11.4. The Bertz CT molecular complexity index is 576. The highest BCUT2D eigenvalue weighted by Gasteiger charge is 2.01. The molecule has 1 aromatic heterocycles. The third-order valence-electron chi connectivity index (χ3n) is 2.75. The molecule has 0 bridgehead atoms. The van der Waals surface area contributed by atoms with Crippen molar-refractivity contribution < 1.29 is 9.62 Å². The maximum atomic E-state index is 8.64. The largest absolute Gasteiger partial charge is 0.465 e. The average Bonchev–Trinajstić information content (AvgIpc) is 2.84. The zero-order valence-electron chi connectivity index (χ0n) is 10.8. The minimum atomic E-state index is 0.114. The van der Waals surface area contributed by atoms with E-state index in [9.17, 15) is 0 Å². The highest BCUT2D eigenvalue weighted by molar-refractivity contribution is 5.97. The Morgan fingerprint density at radius 2 is 2.16 bits per heavy atom. The number of hydrogen-bond donors (Lipinski definition) is 3. The Morgan fingerprint density at radius 3 is 2.84 bits per heavy atom. The number of nitrogens with two attached hydrogens (primary N) is 1. The van der Waals surface area contributed by atoms with Crippen LogP contribution in [0.2, 0.25) is 0 Å². The topological polar surface area (TPSA) is 83.8 Å². The van der Waals surface area contributed by atoms with Crippen LogP contribution >= 0.6 is 0 Å². The van der Waals surface area contributed by atoms with Crippen molar-refractivity contribution >= 4 is 5.84 Å². The maximum Gasteiger partial charge on any atom is 0.170 e. The molecule has 0 saturated carbocycles. The highest BCUT2D eigenvalue weighted by Crippen LogP contribution is 2.08. The lowest BCUT2D eigenvalue weighted by Gasteiger charge is -2.05. The standard InChI is InChI=1S/C14H17N3O2/c1-10-5-6-13(19-10)9-16-8-11-3-2-4-12(7-11)14(15)17-18/h2-7,16,18H,8-9H2,1H3,(H2,15,17). The maximum absolute atomic E-state index is 8.64. The predicted octanol–water partition coefficient (Wildman–Crippen LogP) is 1.97. The molecular weight excluding hydrogens is 242 g/mol. The summed E-state index contributed by atoms with van der Waals surface area (Å²) in [5.41, 5.74) is 7.32. The minimum Gasteiger partial charge on any atom is -0.465 e. The SMILES string of the molecule is Cc1ccc(CNCc2cccc(C(N)=NO)c2)o1. The summed E-state index contributed by atoms with van der Waals surface area (Å²) >= 11 is 0. The number of furan rings is 1. The molecule has 0 amide bonds. The lowest BCUT2D eigenvalue weighted by atomic mass is 10.1. The molecule has 4 N–H and O–H groups in total. The molecule has 0 aliphatic rings. The van der Waals surface area contributed by atoms with Crippen molar-refractivity contribution in [2.24, 2.45) is 10.9 Å². The Morgan fingerprint density at radius 1 is 1.32 bits per heavy atom. The third-order valence-corrected chi connectivity index (χ3v) is 2.75. The van der Waals surface area contributed by atoms with E-state index in [0.29, 0.717) is 18.7 Å². The number of oxime groups is 1. The van der Waals surface area contributed by atoms with E-state index in [0.717, 1.165) is 17.1 Å². The number of rotatable bonds is 5. The van der Waals surface area contributed by atoms with Gasteiger partial charge in [-0.1, -0.05) is 23.4 Å². The molecule has 0 atom stereocenters. The molecule has 0 radical (unpaired) electrons. The van der Waals surface area contributed by atoms with Gasteiger partial charge in [0.05, 0.1) is 6.54 Å². The molecule has 1 heterocycles. The number of aryl methyl sites for hydroxylation is 1. The fourth-order valence-electron chi connectivity index (χ4n) is 1.81. The summed E-state index contributed by atoms with van der Waals surface area (Å²) in [7, 11) is 0. The normalized spacial score (nSPS) is 11.7. The van der Waals surface area contributed by atoms with Gasteiger partial charge in [-0.3, -0.25) is 0 Å². The lowest BCUT2D eigenvalue weighted by molar-refractivity contribution is 0.318. The monoisotopic (exact) mass is 259 g/mol. The number of nitrogens with one attached hydrogen (secondary N) is 1. The van der Waals surface area contributed by atoms with Gasteiger partial charge in [-0.15, -0.1) is 0 Å². The van der Waals surface area contributed by atoms with Crippen LogP contribution in [0.3, 0.4) is 0 Å². The fraction of sp³-hybridized carbons (Fsp3) is 0.214. The molecule has 0 fully saturated rings. The average molecular weight is 259 g/mol. The zero-order chi connectivity index (χ0) is 13.7. The van der Waals surface area contributed by atoms with E-state index in [1.54, 1.807) is 6.07 Å².